The van der Waals surface area contributed by atoms with Gasteiger partial charge in [-0.25, -0.2) is 18.5 Å². The van der Waals surface area contributed by atoms with Crippen molar-refractivity contribution in [2.24, 2.45) is 5.14 Å². The normalized spacial score (nSPS) is 12.1. The van der Waals surface area contributed by atoms with E-state index in [2.05, 4.69) is 14.4 Å². The molecule has 0 unspecified atom stereocenters. The van der Waals surface area contributed by atoms with Gasteiger partial charge in [0.15, 0.2) is 4.21 Å². The molecular formula is C10H12N4O4S3. The minimum atomic E-state index is -3.92. The smallest absolute Gasteiger partial charge is 0.279 e. The van der Waals surface area contributed by atoms with Crippen molar-refractivity contribution in [3.8, 4) is 0 Å². The zero-order chi connectivity index (χ0) is 15.7. The summed E-state index contributed by atoms with van der Waals surface area (Å²) in [5, 5.41) is 5.48. The number of aromatic nitrogens is 1. The van der Waals surface area contributed by atoms with Gasteiger partial charge in [0.1, 0.15) is 0 Å². The number of aryl methyl sites for hydroxylation is 1. The highest BCUT2D eigenvalue weighted by Crippen LogP contribution is 2.23. The Morgan fingerprint density at radius 1 is 1.14 bits per heavy atom. The summed E-state index contributed by atoms with van der Waals surface area (Å²) in [6, 6.07) is 5.73. The Morgan fingerprint density at radius 2 is 1.76 bits per heavy atom. The first-order chi connectivity index (χ1) is 9.66. The zero-order valence-electron chi connectivity index (χ0n) is 10.8. The third-order valence-corrected chi connectivity index (χ3v) is 5.52. The second-order valence-electron chi connectivity index (χ2n) is 4.03. The molecule has 11 heteroatoms. The molecule has 0 fully saturated rings. The van der Waals surface area contributed by atoms with E-state index in [4.69, 9.17) is 5.14 Å². The van der Waals surface area contributed by atoms with Crippen molar-refractivity contribution >= 4 is 42.9 Å². The van der Waals surface area contributed by atoms with Crippen LogP contribution in [0.15, 0.2) is 34.7 Å². The van der Waals surface area contributed by atoms with E-state index in [1.54, 1.807) is 6.92 Å². The monoisotopic (exact) mass is 348 g/mol. The van der Waals surface area contributed by atoms with E-state index in [-0.39, 0.29) is 15.6 Å². The maximum atomic E-state index is 12.1. The fourth-order valence-corrected chi connectivity index (χ4v) is 4.09. The summed E-state index contributed by atoms with van der Waals surface area (Å²) in [4.78, 5) is 3.88. The summed E-state index contributed by atoms with van der Waals surface area (Å²) in [5.41, 5.74) is 0.355. The molecule has 0 saturated heterocycles. The number of hydrogen-bond acceptors (Lipinski definition) is 6. The molecule has 8 nitrogen and oxygen atoms in total. The van der Waals surface area contributed by atoms with Crippen molar-refractivity contribution in [2.75, 3.05) is 9.44 Å². The molecule has 1 aromatic carbocycles. The summed E-state index contributed by atoms with van der Waals surface area (Å²) in [6.07, 6.45) is 1.26. The highest BCUT2D eigenvalue weighted by atomic mass is 32.2. The van der Waals surface area contributed by atoms with Crippen LogP contribution in [0, 0.1) is 6.92 Å². The van der Waals surface area contributed by atoms with Gasteiger partial charge in [0, 0.05) is 0 Å². The first-order valence-electron chi connectivity index (χ1n) is 5.51. The Hall–Kier alpha value is -1.69. The molecule has 2 aromatic rings. The number of benzene rings is 1. The first-order valence-corrected chi connectivity index (χ1v) is 9.36. The predicted molar refractivity (Wildman–Crippen MR) is 80.8 cm³/mol. The summed E-state index contributed by atoms with van der Waals surface area (Å²) >= 11 is 1.04. The highest BCUT2D eigenvalue weighted by Gasteiger charge is 2.17. The predicted octanol–water partition coefficient (Wildman–Crippen LogP) is 0.868. The van der Waals surface area contributed by atoms with E-state index < -0.39 is 20.2 Å². The fourth-order valence-electron chi connectivity index (χ4n) is 1.48. The van der Waals surface area contributed by atoms with Crippen LogP contribution in [0.5, 0.6) is 0 Å². The van der Waals surface area contributed by atoms with Gasteiger partial charge < -0.3 is 0 Å². The maximum Gasteiger partial charge on any atom is 0.296 e. The molecular weight excluding hydrogens is 336 g/mol. The standard InChI is InChI=1S/C10H12N4O4S3/c1-7-12-6-10(19-7)20(15,16)13-8-3-2-4-9(5-8)14-21(11,17)18/h2-6,13-14H,1H3,(H2,11,17,18). The fraction of sp³-hybridized carbons (Fsp3) is 0.100. The van der Waals surface area contributed by atoms with Gasteiger partial charge in [0.25, 0.3) is 20.2 Å². The molecule has 1 heterocycles. The zero-order valence-corrected chi connectivity index (χ0v) is 13.2. The van der Waals surface area contributed by atoms with Gasteiger partial charge in [0.05, 0.1) is 22.6 Å². The Labute approximate surface area is 126 Å². The molecule has 0 aliphatic carbocycles. The maximum absolute atomic E-state index is 12.1. The molecule has 0 atom stereocenters. The van der Waals surface area contributed by atoms with Gasteiger partial charge in [-0.2, -0.15) is 8.42 Å². The molecule has 0 saturated carbocycles. The van der Waals surface area contributed by atoms with Crippen LogP contribution in [0.25, 0.3) is 0 Å². The van der Waals surface area contributed by atoms with E-state index in [1.165, 1.54) is 30.5 Å². The van der Waals surface area contributed by atoms with Crippen LogP contribution in [0.1, 0.15) is 5.01 Å². The van der Waals surface area contributed by atoms with Gasteiger partial charge in [-0.1, -0.05) is 6.07 Å². The number of sulfonamides is 1. The number of hydrogen-bond donors (Lipinski definition) is 3. The van der Waals surface area contributed by atoms with Gasteiger partial charge in [-0.3, -0.25) is 9.44 Å². The summed E-state index contributed by atoms with van der Waals surface area (Å²) in [7, 11) is -7.68. The van der Waals surface area contributed by atoms with Crippen LogP contribution >= 0.6 is 11.3 Å². The molecule has 0 aliphatic rings. The molecule has 1 aromatic heterocycles. The SMILES string of the molecule is Cc1ncc(S(=O)(=O)Nc2cccc(NS(N)(=O)=O)c2)s1. The lowest BCUT2D eigenvalue weighted by Gasteiger charge is -2.08. The lowest BCUT2D eigenvalue weighted by Crippen LogP contribution is -2.21. The number of anilines is 2. The van der Waals surface area contributed by atoms with Crippen LogP contribution in [0.2, 0.25) is 0 Å². The molecule has 0 aliphatic heterocycles. The average molecular weight is 348 g/mol. The quantitative estimate of drug-likeness (QED) is 0.737. The van der Waals surface area contributed by atoms with Crippen LogP contribution in [-0.2, 0) is 20.2 Å². The lowest BCUT2D eigenvalue weighted by atomic mass is 10.3. The molecule has 2 rings (SSSR count). The highest BCUT2D eigenvalue weighted by molar-refractivity contribution is 7.94. The summed E-state index contributed by atoms with van der Waals surface area (Å²) in [6.45, 7) is 1.69. The van der Waals surface area contributed by atoms with Crippen molar-refractivity contribution < 1.29 is 16.8 Å². The Balaban J connectivity index is 2.26. The summed E-state index contributed by atoms with van der Waals surface area (Å²) < 4.78 is 50.6. The van der Waals surface area contributed by atoms with E-state index >= 15 is 0 Å². The average Bonchev–Trinajstić information content (AvgIpc) is 2.74. The number of thiazole rings is 1. The van der Waals surface area contributed by atoms with Crippen molar-refractivity contribution in [2.45, 2.75) is 11.1 Å². The van der Waals surface area contributed by atoms with E-state index in [0.717, 1.165) is 11.3 Å². The second kappa shape index (κ2) is 5.60. The van der Waals surface area contributed by atoms with Crippen molar-refractivity contribution in [1.29, 1.82) is 0 Å². The summed E-state index contributed by atoms with van der Waals surface area (Å²) in [5.74, 6) is 0. The molecule has 0 spiro atoms. The van der Waals surface area contributed by atoms with E-state index in [9.17, 15) is 16.8 Å². The Morgan fingerprint density at radius 3 is 2.29 bits per heavy atom. The molecule has 4 N–H and O–H groups in total. The van der Waals surface area contributed by atoms with Crippen molar-refractivity contribution in [1.82, 2.24) is 4.98 Å². The molecule has 0 bridgehead atoms. The van der Waals surface area contributed by atoms with Gasteiger partial charge >= 0.3 is 0 Å². The molecule has 0 amide bonds. The van der Waals surface area contributed by atoms with Gasteiger partial charge in [-0.15, -0.1) is 11.3 Å². The Kier molecular flexibility index (Phi) is 4.18. The van der Waals surface area contributed by atoms with Gasteiger partial charge in [0.2, 0.25) is 0 Å². The third-order valence-electron chi connectivity index (χ3n) is 2.24. The molecule has 114 valence electrons. The van der Waals surface area contributed by atoms with E-state index in [0.29, 0.717) is 5.01 Å². The molecule has 21 heavy (non-hydrogen) atoms. The number of nitrogens with one attached hydrogen (secondary N) is 2. The number of nitrogens with two attached hydrogens (primary N) is 1. The largest absolute Gasteiger partial charge is 0.296 e. The topological polar surface area (TPSA) is 131 Å². The van der Waals surface area contributed by atoms with Crippen LogP contribution < -0.4 is 14.6 Å². The van der Waals surface area contributed by atoms with Crippen molar-refractivity contribution in [3.05, 3.63) is 35.5 Å². The Bertz CT molecular complexity index is 858. The van der Waals surface area contributed by atoms with E-state index in [1.807, 2.05) is 0 Å². The minimum absolute atomic E-state index is 0.0739. The minimum Gasteiger partial charge on any atom is -0.279 e. The van der Waals surface area contributed by atoms with Crippen LogP contribution in [0.3, 0.4) is 0 Å². The van der Waals surface area contributed by atoms with Crippen molar-refractivity contribution in [3.63, 3.8) is 0 Å². The lowest BCUT2D eigenvalue weighted by molar-refractivity contribution is 0.601. The first kappa shape index (κ1) is 15.7. The number of rotatable bonds is 5. The van der Waals surface area contributed by atoms with Crippen LogP contribution in [0.4, 0.5) is 11.4 Å². The third kappa shape index (κ3) is 4.39. The number of nitrogens with zero attached hydrogens (tertiary/aromatic N) is 1. The van der Waals surface area contributed by atoms with Gasteiger partial charge in [-0.05, 0) is 25.1 Å². The second-order valence-corrected chi connectivity index (χ2v) is 8.47. The molecule has 0 radical (unpaired) electrons. The van der Waals surface area contributed by atoms with Crippen LogP contribution in [-0.4, -0.2) is 21.8 Å².